The fourth-order valence-corrected chi connectivity index (χ4v) is 2.68. The molecule has 2 rings (SSSR count). The minimum atomic E-state index is 0.282. The number of hydrogen-bond donors (Lipinski definition) is 1. The third-order valence-electron chi connectivity index (χ3n) is 3.02. The SMILES string of the molecule is CCCOc1ccc(CNC(C)c2nc(C)cs2)cc1. The average molecular weight is 290 g/mol. The van der Waals surface area contributed by atoms with Gasteiger partial charge in [0.1, 0.15) is 10.8 Å². The Balaban J connectivity index is 1.84. The second kappa shape index (κ2) is 7.41. The molecule has 1 unspecified atom stereocenters. The summed E-state index contributed by atoms with van der Waals surface area (Å²) in [6.45, 7) is 7.91. The monoisotopic (exact) mass is 290 g/mol. The molecule has 0 aliphatic rings. The second-order valence-electron chi connectivity index (χ2n) is 4.92. The van der Waals surface area contributed by atoms with E-state index >= 15 is 0 Å². The van der Waals surface area contributed by atoms with Crippen molar-refractivity contribution in [3.05, 3.63) is 45.9 Å². The lowest BCUT2D eigenvalue weighted by atomic mass is 10.2. The van der Waals surface area contributed by atoms with Crippen LogP contribution in [0.2, 0.25) is 0 Å². The molecule has 0 radical (unpaired) electrons. The summed E-state index contributed by atoms with van der Waals surface area (Å²) in [6, 6.07) is 8.57. The highest BCUT2D eigenvalue weighted by atomic mass is 32.1. The molecule has 0 bridgehead atoms. The molecule has 108 valence electrons. The minimum absolute atomic E-state index is 0.282. The molecule has 20 heavy (non-hydrogen) atoms. The van der Waals surface area contributed by atoms with Gasteiger partial charge in [-0.1, -0.05) is 19.1 Å². The van der Waals surface area contributed by atoms with Gasteiger partial charge < -0.3 is 10.1 Å². The number of rotatable bonds is 7. The smallest absolute Gasteiger partial charge is 0.119 e. The lowest BCUT2D eigenvalue weighted by molar-refractivity contribution is 0.317. The first-order chi connectivity index (χ1) is 9.69. The summed E-state index contributed by atoms with van der Waals surface area (Å²) in [5.74, 6) is 0.944. The molecular formula is C16H22N2OS. The Morgan fingerprint density at radius 1 is 1.30 bits per heavy atom. The van der Waals surface area contributed by atoms with Crippen molar-refractivity contribution in [3.8, 4) is 5.75 Å². The van der Waals surface area contributed by atoms with E-state index in [0.29, 0.717) is 0 Å². The van der Waals surface area contributed by atoms with E-state index in [1.54, 1.807) is 11.3 Å². The van der Waals surface area contributed by atoms with Crippen molar-refractivity contribution in [2.45, 2.75) is 39.8 Å². The Hall–Kier alpha value is -1.39. The van der Waals surface area contributed by atoms with Crippen LogP contribution in [0.4, 0.5) is 0 Å². The van der Waals surface area contributed by atoms with Gasteiger partial charge in [-0.2, -0.15) is 0 Å². The van der Waals surface area contributed by atoms with Crippen LogP contribution in [0, 0.1) is 6.92 Å². The quantitative estimate of drug-likeness (QED) is 0.834. The molecule has 0 spiro atoms. The minimum Gasteiger partial charge on any atom is -0.494 e. The molecule has 2 aromatic rings. The first-order valence-electron chi connectivity index (χ1n) is 7.06. The summed E-state index contributed by atoms with van der Waals surface area (Å²) < 4.78 is 5.58. The summed E-state index contributed by atoms with van der Waals surface area (Å²) >= 11 is 1.71. The Kier molecular flexibility index (Phi) is 5.56. The van der Waals surface area contributed by atoms with E-state index in [9.17, 15) is 0 Å². The fraction of sp³-hybridized carbons (Fsp3) is 0.438. The van der Waals surface area contributed by atoms with E-state index in [0.717, 1.165) is 36.0 Å². The molecule has 1 heterocycles. The number of nitrogens with zero attached hydrogens (tertiary/aromatic N) is 1. The molecule has 0 aliphatic carbocycles. The van der Waals surface area contributed by atoms with Crippen LogP contribution in [-0.2, 0) is 6.54 Å². The normalized spacial score (nSPS) is 12.3. The Labute approximate surface area is 125 Å². The van der Waals surface area contributed by atoms with Gasteiger partial charge in [0.2, 0.25) is 0 Å². The molecule has 1 N–H and O–H groups in total. The maximum absolute atomic E-state index is 5.58. The van der Waals surface area contributed by atoms with Crippen LogP contribution in [0.5, 0.6) is 5.75 Å². The Bertz CT molecular complexity index is 522. The fourth-order valence-electron chi connectivity index (χ4n) is 1.85. The van der Waals surface area contributed by atoms with Crippen LogP contribution in [0.1, 0.15) is 42.6 Å². The molecule has 0 fully saturated rings. The Morgan fingerprint density at radius 3 is 2.65 bits per heavy atom. The molecule has 0 saturated heterocycles. The van der Waals surface area contributed by atoms with Crippen molar-refractivity contribution >= 4 is 11.3 Å². The average Bonchev–Trinajstić information content (AvgIpc) is 2.90. The van der Waals surface area contributed by atoms with Gasteiger partial charge in [0.05, 0.1) is 12.6 Å². The molecule has 4 heteroatoms. The van der Waals surface area contributed by atoms with Crippen LogP contribution < -0.4 is 10.1 Å². The number of thiazole rings is 1. The molecule has 1 aromatic carbocycles. The van der Waals surface area contributed by atoms with E-state index in [-0.39, 0.29) is 6.04 Å². The Morgan fingerprint density at radius 2 is 2.05 bits per heavy atom. The molecule has 0 saturated carbocycles. The summed E-state index contributed by atoms with van der Waals surface area (Å²) in [4.78, 5) is 4.51. The van der Waals surface area contributed by atoms with Gasteiger partial charge in [-0.3, -0.25) is 0 Å². The first-order valence-corrected chi connectivity index (χ1v) is 7.94. The number of benzene rings is 1. The third kappa shape index (κ3) is 4.32. The molecule has 3 nitrogen and oxygen atoms in total. The zero-order valence-electron chi connectivity index (χ0n) is 12.3. The molecule has 0 aliphatic heterocycles. The highest BCUT2D eigenvalue weighted by molar-refractivity contribution is 7.09. The predicted octanol–water partition coefficient (Wildman–Crippen LogP) is 4.09. The van der Waals surface area contributed by atoms with Crippen LogP contribution in [0.15, 0.2) is 29.6 Å². The van der Waals surface area contributed by atoms with Crippen LogP contribution >= 0.6 is 11.3 Å². The van der Waals surface area contributed by atoms with Crippen molar-refractivity contribution in [2.75, 3.05) is 6.61 Å². The van der Waals surface area contributed by atoms with Gasteiger partial charge in [0.15, 0.2) is 0 Å². The van der Waals surface area contributed by atoms with Crippen LogP contribution in [-0.4, -0.2) is 11.6 Å². The van der Waals surface area contributed by atoms with Gasteiger partial charge in [-0.15, -0.1) is 11.3 Å². The maximum Gasteiger partial charge on any atom is 0.119 e. The van der Waals surface area contributed by atoms with Gasteiger partial charge in [-0.25, -0.2) is 4.98 Å². The lowest BCUT2D eigenvalue weighted by Gasteiger charge is -2.11. The highest BCUT2D eigenvalue weighted by Gasteiger charge is 2.08. The van der Waals surface area contributed by atoms with Gasteiger partial charge in [0, 0.05) is 17.6 Å². The van der Waals surface area contributed by atoms with Crippen molar-refractivity contribution in [1.29, 1.82) is 0 Å². The largest absolute Gasteiger partial charge is 0.494 e. The molecule has 1 atom stereocenters. The number of nitrogens with one attached hydrogen (secondary N) is 1. The van der Waals surface area contributed by atoms with E-state index in [4.69, 9.17) is 4.74 Å². The molecular weight excluding hydrogens is 268 g/mol. The second-order valence-corrected chi connectivity index (χ2v) is 5.81. The van der Waals surface area contributed by atoms with Crippen LogP contribution in [0.3, 0.4) is 0 Å². The van der Waals surface area contributed by atoms with E-state index in [1.807, 2.05) is 19.1 Å². The topological polar surface area (TPSA) is 34.1 Å². The lowest BCUT2D eigenvalue weighted by Crippen LogP contribution is -2.17. The van der Waals surface area contributed by atoms with E-state index in [2.05, 4.69) is 41.7 Å². The maximum atomic E-state index is 5.58. The van der Waals surface area contributed by atoms with Gasteiger partial charge >= 0.3 is 0 Å². The van der Waals surface area contributed by atoms with Crippen LogP contribution in [0.25, 0.3) is 0 Å². The van der Waals surface area contributed by atoms with Crippen molar-refractivity contribution < 1.29 is 4.74 Å². The molecule has 0 amide bonds. The van der Waals surface area contributed by atoms with Crippen molar-refractivity contribution in [2.24, 2.45) is 0 Å². The zero-order valence-corrected chi connectivity index (χ0v) is 13.2. The summed E-state index contributed by atoms with van der Waals surface area (Å²) in [6.07, 6.45) is 1.04. The number of hydrogen-bond acceptors (Lipinski definition) is 4. The number of aryl methyl sites for hydroxylation is 1. The van der Waals surface area contributed by atoms with E-state index < -0.39 is 0 Å². The summed E-state index contributed by atoms with van der Waals surface area (Å²) in [5.41, 5.74) is 2.35. The van der Waals surface area contributed by atoms with Gasteiger partial charge in [-0.05, 0) is 38.0 Å². The van der Waals surface area contributed by atoms with E-state index in [1.165, 1.54) is 5.56 Å². The highest BCUT2D eigenvalue weighted by Crippen LogP contribution is 2.18. The van der Waals surface area contributed by atoms with Crippen molar-refractivity contribution in [3.63, 3.8) is 0 Å². The van der Waals surface area contributed by atoms with Crippen molar-refractivity contribution in [1.82, 2.24) is 10.3 Å². The third-order valence-corrected chi connectivity index (χ3v) is 4.16. The molecule has 1 aromatic heterocycles. The standard InChI is InChI=1S/C16H22N2OS/c1-4-9-19-15-7-5-14(6-8-15)10-17-13(3)16-18-12(2)11-20-16/h5-8,11,13,17H,4,9-10H2,1-3H3. The summed E-state index contributed by atoms with van der Waals surface area (Å²) in [5, 5.41) is 6.73. The summed E-state index contributed by atoms with van der Waals surface area (Å²) in [7, 11) is 0. The first kappa shape index (κ1) is 15.0. The predicted molar refractivity (Wildman–Crippen MR) is 84.3 cm³/mol. The number of ether oxygens (including phenoxy) is 1. The number of aromatic nitrogens is 1. The van der Waals surface area contributed by atoms with Gasteiger partial charge in [0.25, 0.3) is 0 Å². The zero-order chi connectivity index (χ0) is 14.4.